The summed E-state index contributed by atoms with van der Waals surface area (Å²) >= 11 is 3.38. The third kappa shape index (κ3) is 6.52. The highest BCUT2D eigenvalue weighted by atomic mass is 79.9. The minimum Gasteiger partial charge on any atom is -0.368 e. The van der Waals surface area contributed by atoms with Gasteiger partial charge in [-0.3, -0.25) is 14.4 Å². The van der Waals surface area contributed by atoms with Crippen molar-refractivity contribution in [3.05, 3.63) is 75.8 Å². The first kappa shape index (κ1) is 19.4. The van der Waals surface area contributed by atoms with E-state index in [0.29, 0.717) is 12.1 Å². The summed E-state index contributed by atoms with van der Waals surface area (Å²) in [6.07, 6.45) is 3.19. The quantitative estimate of drug-likeness (QED) is 0.602. The van der Waals surface area contributed by atoms with E-state index in [-0.39, 0.29) is 18.4 Å². The minimum absolute atomic E-state index is 0.207. The van der Waals surface area contributed by atoms with E-state index in [1.807, 2.05) is 24.3 Å². The first-order chi connectivity index (χ1) is 12.4. The number of carbonyl (C=O) groups is 3. The fourth-order valence-electron chi connectivity index (χ4n) is 2.07. The van der Waals surface area contributed by atoms with Crippen molar-refractivity contribution in [3.63, 3.8) is 0 Å². The van der Waals surface area contributed by atoms with Crippen LogP contribution in [-0.2, 0) is 16.1 Å². The van der Waals surface area contributed by atoms with Crippen LogP contribution in [0.1, 0.15) is 21.5 Å². The Morgan fingerprint density at radius 2 is 1.77 bits per heavy atom. The van der Waals surface area contributed by atoms with Crippen molar-refractivity contribution in [2.75, 3.05) is 6.54 Å². The van der Waals surface area contributed by atoms with Gasteiger partial charge in [-0.2, -0.15) is 0 Å². The molecule has 7 heteroatoms. The molecule has 0 spiro atoms. The maximum Gasteiger partial charge on any atom is 0.251 e. The Labute approximate surface area is 159 Å². The van der Waals surface area contributed by atoms with E-state index < -0.39 is 5.91 Å². The molecule has 2 aromatic carbocycles. The van der Waals surface area contributed by atoms with E-state index in [4.69, 9.17) is 5.73 Å². The number of hydrogen-bond acceptors (Lipinski definition) is 3. The van der Waals surface area contributed by atoms with Gasteiger partial charge in [-0.05, 0) is 41.5 Å². The Balaban J connectivity index is 1.84. The molecule has 0 fully saturated rings. The van der Waals surface area contributed by atoms with Crippen LogP contribution in [0.3, 0.4) is 0 Å². The molecule has 6 nitrogen and oxygen atoms in total. The van der Waals surface area contributed by atoms with Crippen molar-refractivity contribution in [1.82, 2.24) is 10.6 Å². The van der Waals surface area contributed by atoms with Gasteiger partial charge in [-0.25, -0.2) is 0 Å². The average Bonchev–Trinajstić information content (AvgIpc) is 2.63. The minimum atomic E-state index is -0.603. The smallest absolute Gasteiger partial charge is 0.251 e. The van der Waals surface area contributed by atoms with Crippen LogP contribution in [0.2, 0.25) is 0 Å². The highest BCUT2D eigenvalue weighted by Gasteiger charge is 2.06. The van der Waals surface area contributed by atoms with Gasteiger partial charge in [0.15, 0.2) is 0 Å². The molecule has 0 saturated carbocycles. The molecular formula is C19H18BrN3O3. The molecule has 134 valence electrons. The number of amides is 3. The van der Waals surface area contributed by atoms with E-state index in [1.54, 1.807) is 30.3 Å². The van der Waals surface area contributed by atoms with Crippen molar-refractivity contribution >= 4 is 39.7 Å². The van der Waals surface area contributed by atoms with Gasteiger partial charge >= 0.3 is 0 Å². The molecule has 0 saturated heterocycles. The number of rotatable bonds is 7. The molecule has 2 aromatic rings. The zero-order valence-electron chi connectivity index (χ0n) is 13.9. The molecule has 0 radical (unpaired) electrons. The van der Waals surface area contributed by atoms with Crippen LogP contribution >= 0.6 is 15.9 Å². The third-order valence-corrected chi connectivity index (χ3v) is 3.88. The number of halogens is 1. The Morgan fingerprint density at radius 1 is 1.04 bits per heavy atom. The predicted molar refractivity (Wildman–Crippen MR) is 103 cm³/mol. The first-order valence-corrected chi connectivity index (χ1v) is 8.60. The van der Waals surface area contributed by atoms with Crippen LogP contribution in [-0.4, -0.2) is 24.3 Å². The van der Waals surface area contributed by atoms with Crippen molar-refractivity contribution in [2.24, 2.45) is 5.73 Å². The second kappa shape index (κ2) is 9.53. The molecule has 2 rings (SSSR count). The Bertz CT molecular complexity index is 832. The monoisotopic (exact) mass is 415 g/mol. The molecule has 0 aliphatic carbocycles. The number of benzene rings is 2. The number of primary amides is 1. The standard InChI is InChI=1S/C19H18BrN3O3/c20-16-3-1-2-13(10-16)6-9-18(25)22-11-14-4-7-15(8-5-14)19(26)23-12-17(21)24/h1-10H,11-12H2,(H2,21,24)(H,22,25)(H,23,26)/b9-6+. The van der Waals surface area contributed by atoms with E-state index >= 15 is 0 Å². The lowest BCUT2D eigenvalue weighted by atomic mass is 10.1. The number of hydrogen-bond donors (Lipinski definition) is 3. The van der Waals surface area contributed by atoms with Crippen LogP contribution < -0.4 is 16.4 Å². The molecule has 0 bridgehead atoms. The van der Waals surface area contributed by atoms with Gasteiger partial charge in [0.05, 0.1) is 6.54 Å². The fraction of sp³-hybridized carbons (Fsp3) is 0.105. The summed E-state index contributed by atoms with van der Waals surface area (Å²) in [7, 11) is 0. The van der Waals surface area contributed by atoms with Gasteiger partial charge in [-0.1, -0.05) is 40.2 Å². The van der Waals surface area contributed by atoms with E-state index in [9.17, 15) is 14.4 Å². The predicted octanol–water partition coefficient (Wildman–Crippen LogP) is 1.99. The summed E-state index contributed by atoms with van der Waals surface area (Å²) in [5.74, 6) is -1.20. The van der Waals surface area contributed by atoms with Crippen LogP contribution in [0.25, 0.3) is 6.08 Å². The molecule has 0 atom stereocenters. The summed E-state index contributed by atoms with van der Waals surface area (Å²) < 4.78 is 0.944. The molecule has 0 aliphatic heterocycles. The summed E-state index contributed by atoms with van der Waals surface area (Å²) in [6.45, 7) is 0.131. The van der Waals surface area contributed by atoms with Crippen molar-refractivity contribution in [1.29, 1.82) is 0 Å². The van der Waals surface area contributed by atoms with Crippen LogP contribution in [0.15, 0.2) is 59.1 Å². The van der Waals surface area contributed by atoms with Gasteiger partial charge in [0, 0.05) is 22.7 Å². The number of nitrogens with two attached hydrogens (primary N) is 1. The largest absolute Gasteiger partial charge is 0.368 e. The topological polar surface area (TPSA) is 101 Å². The van der Waals surface area contributed by atoms with E-state index in [0.717, 1.165) is 15.6 Å². The molecule has 0 heterocycles. The molecular weight excluding hydrogens is 398 g/mol. The molecule has 0 aromatic heterocycles. The highest BCUT2D eigenvalue weighted by Crippen LogP contribution is 2.12. The molecule has 4 N–H and O–H groups in total. The normalized spacial score (nSPS) is 10.5. The van der Waals surface area contributed by atoms with Gasteiger partial charge in [0.1, 0.15) is 0 Å². The van der Waals surface area contributed by atoms with Crippen molar-refractivity contribution in [2.45, 2.75) is 6.54 Å². The zero-order valence-corrected chi connectivity index (χ0v) is 15.5. The Morgan fingerprint density at radius 3 is 2.42 bits per heavy atom. The number of nitrogens with one attached hydrogen (secondary N) is 2. The molecule has 26 heavy (non-hydrogen) atoms. The highest BCUT2D eigenvalue weighted by molar-refractivity contribution is 9.10. The van der Waals surface area contributed by atoms with Crippen LogP contribution in [0, 0.1) is 0 Å². The maximum absolute atomic E-state index is 11.9. The van der Waals surface area contributed by atoms with E-state index in [1.165, 1.54) is 6.08 Å². The lowest BCUT2D eigenvalue weighted by Gasteiger charge is -2.05. The van der Waals surface area contributed by atoms with E-state index in [2.05, 4.69) is 26.6 Å². The Kier molecular flexibility index (Phi) is 7.11. The maximum atomic E-state index is 11.9. The average molecular weight is 416 g/mol. The molecule has 0 unspecified atom stereocenters. The molecule has 0 aliphatic rings. The zero-order chi connectivity index (χ0) is 18.9. The Hall–Kier alpha value is -2.93. The van der Waals surface area contributed by atoms with Gasteiger partial charge in [0.2, 0.25) is 11.8 Å². The second-order valence-corrected chi connectivity index (χ2v) is 6.37. The summed E-state index contributed by atoms with van der Waals surface area (Å²) in [5.41, 5.74) is 7.16. The third-order valence-electron chi connectivity index (χ3n) is 3.38. The molecule has 3 amide bonds. The van der Waals surface area contributed by atoms with Crippen LogP contribution in [0.5, 0.6) is 0 Å². The van der Waals surface area contributed by atoms with Gasteiger partial charge < -0.3 is 16.4 Å². The van der Waals surface area contributed by atoms with Crippen molar-refractivity contribution < 1.29 is 14.4 Å². The van der Waals surface area contributed by atoms with Crippen molar-refractivity contribution in [3.8, 4) is 0 Å². The second-order valence-electron chi connectivity index (χ2n) is 5.45. The SMILES string of the molecule is NC(=O)CNC(=O)c1ccc(CNC(=O)/C=C/c2cccc(Br)c2)cc1. The van der Waals surface area contributed by atoms with Gasteiger partial charge in [-0.15, -0.1) is 0 Å². The lowest BCUT2D eigenvalue weighted by molar-refractivity contribution is -0.117. The lowest BCUT2D eigenvalue weighted by Crippen LogP contribution is -2.33. The summed E-state index contributed by atoms with van der Waals surface area (Å²) in [4.78, 5) is 34.3. The van der Waals surface area contributed by atoms with Gasteiger partial charge in [0.25, 0.3) is 5.91 Å². The van der Waals surface area contributed by atoms with Crippen LogP contribution in [0.4, 0.5) is 0 Å². The number of carbonyl (C=O) groups excluding carboxylic acids is 3. The fourth-order valence-corrected chi connectivity index (χ4v) is 2.49. The summed E-state index contributed by atoms with van der Waals surface area (Å²) in [6, 6.07) is 14.3. The first-order valence-electron chi connectivity index (χ1n) is 7.81. The summed E-state index contributed by atoms with van der Waals surface area (Å²) in [5, 5.41) is 5.18.